The fourth-order valence-corrected chi connectivity index (χ4v) is 5.73. The Balaban J connectivity index is 1.37. The second-order valence-corrected chi connectivity index (χ2v) is 10.3. The number of ether oxygens (including phenoxy) is 1. The van der Waals surface area contributed by atoms with E-state index in [4.69, 9.17) is 21.3 Å². The second kappa shape index (κ2) is 12.3. The number of esters is 1. The van der Waals surface area contributed by atoms with Crippen molar-refractivity contribution in [3.05, 3.63) is 123 Å². The van der Waals surface area contributed by atoms with Crippen LogP contribution < -0.4 is 5.32 Å². The predicted octanol–water partition coefficient (Wildman–Crippen LogP) is 5.80. The molecule has 3 heterocycles. The van der Waals surface area contributed by atoms with E-state index in [9.17, 15) is 9.59 Å². The molecule has 1 amide bonds. The Morgan fingerprint density at radius 2 is 1.82 bits per heavy atom. The van der Waals surface area contributed by atoms with Crippen LogP contribution in [-0.2, 0) is 27.4 Å². The monoisotopic (exact) mass is 558 g/mol. The molecule has 2 aromatic carbocycles. The number of pyridine rings is 1. The van der Waals surface area contributed by atoms with E-state index in [-0.39, 0.29) is 18.9 Å². The van der Waals surface area contributed by atoms with Gasteiger partial charge < -0.3 is 15.0 Å². The van der Waals surface area contributed by atoms with E-state index >= 15 is 0 Å². The summed E-state index contributed by atoms with van der Waals surface area (Å²) in [5, 5.41) is 6.09. The molecule has 9 heteroatoms. The molecule has 0 spiro atoms. The first kappa shape index (κ1) is 26.7. The smallest absolute Gasteiger partial charge is 0.338 e. The number of hydrogen-bond acceptors (Lipinski definition) is 7. The van der Waals surface area contributed by atoms with Crippen molar-refractivity contribution in [2.45, 2.75) is 32.4 Å². The Kier molecular flexibility index (Phi) is 8.44. The number of amidine groups is 1. The van der Waals surface area contributed by atoms with E-state index < -0.39 is 12.0 Å². The number of carbonyl (C=O) groups excluding carboxylic acids is 2. The van der Waals surface area contributed by atoms with E-state index in [1.807, 2.05) is 77.0 Å². The van der Waals surface area contributed by atoms with Gasteiger partial charge in [-0.2, -0.15) is 0 Å². The van der Waals surface area contributed by atoms with Gasteiger partial charge in [0.15, 0.2) is 5.17 Å². The first-order chi connectivity index (χ1) is 19.0. The van der Waals surface area contributed by atoms with Crippen molar-refractivity contribution < 1.29 is 14.3 Å². The van der Waals surface area contributed by atoms with Gasteiger partial charge in [0.1, 0.15) is 6.61 Å². The lowest BCUT2D eigenvalue weighted by Gasteiger charge is -2.36. The van der Waals surface area contributed by atoms with Crippen molar-refractivity contribution >= 4 is 40.4 Å². The molecule has 39 heavy (non-hydrogen) atoms. The number of thioether (sulfide) groups is 1. The summed E-state index contributed by atoms with van der Waals surface area (Å²) in [5.74, 6) is -0.600. The van der Waals surface area contributed by atoms with Crippen LogP contribution in [0.5, 0.6) is 0 Å². The number of halogens is 1. The van der Waals surface area contributed by atoms with Gasteiger partial charge in [-0.1, -0.05) is 78.0 Å². The molecule has 1 unspecified atom stereocenters. The highest BCUT2D eigenvalue weighted by atomic mass is 35.5. The van der Waals surface area contributed by atoms with Crippen molar-refractivity contribution in [1.29, 1.82) is 0 Å². The average Bonchev–Trinajstić information content (AvgIpc) is 3.34. The lowest BCUT2D eigenvalue weighted by atomic mass is 9.93. The van der Waals surface area contributed by atoms with E-state index in [0.29, 0.717) is 34.4 Å². The summed E-state index contributed by atoms with van der Waals surface area (Å²) in [7, 11) is 0. The van der Waals surface area contributed by atoms with Crippen molar-refractivity contribution in [2.24, 2.45) is 4.99 Å². The normalized spacial score (nSPS) is 16.4. The van der Waals surface area contributed by atoms with E-state index in [1.54, 1.807) is 19.2 Å². The minimum absolute atomic E-state index is 0.126. The molecule has 2 aliphatic rings. The molecule has 7 nitrogen and oxygen atoms in total. The molecule has 1 aromatic heterocycles. The molecule has 0 saturated heterocycles. The van der Waals surface area contributed by atoms with Gasteiger partial charge in [-0.25, -0.2) is 9.79 Å². The van der Waals surface area contributed by atoms with Gasteiger partial charge >= 0.3 is 5.97 Å². The standard InChI is InChI=1S/C30H27ClN4O3S/c1-20-27(29(37)38-18-21-9-3-2-4-10-21)28(24-12-5-6-13-25(24)31)35-23(19-39-30(35)34-20)17-26(36)33-16-14-22-11-7-8-15-32-22/h2-13,15,19,28H,14,16-18H2,1H3,(H,33,36). The molecular weight excluding hydrogens is 532 g/mol. The number of benzene rings is 2. The maximum absolute atomic E-state index is 13.5. The van der Waals surface area contributed by atoms with Crippen molar-refractivity contribution in [3.8, 4) is 0 Å². The fourth-order valence-electron chi connectivity index (χ4n) is 4.53. The molecule has 0 saturated carbocycles. The van der Waals surface area contributed by atoms with Gasteiger partial charge in [0.25, 0.3) is 0 Å². The Morgan fingerprint density at radius 3 is 2.59 bits per heavy atom. The van der Waals surface area contributed by atoms with Crippen LogP contribution in [0.15, 0.2) is 106 Å². The van der Waals surface area contributed by atoms with E-state index in [1.165, 1.54) is 11.8 Å². The number of hydrogen-bond donors (Lipinski definition) is 1. The average molecular weight is 559 g/mol. The zero-order valence-corrected chi connectivity index (χ0v) is 22.9. The van der Waals surface area contributed by atoms with Crippen LogP contribution >= 0.6 is 23.4 Å². The van der Waals surface area contributed by atoms with Gasteiger partial charge in [0.2, 0.25) is 5.91 Å². The maximum Gasteiger partial charge on any atom is 0.338 e. The third kappa shape index (κ3) is 6.24. The summed E-state index contributed by atoms with van der Waals surface area (Å²) in [5.41, 5.74) is 4.23. The summed E-state index contributed by atoms with van der Waals surface area (Å²) in [4.78, 5) is 37.4. The molecule has 0 radical (unpaired) electrons. The van der Waals surface area contributed by atoms with Gasteiger partial charge in [0.05, 0.1) is 23.7 Å². The van der Waals surface area contributed by atoms with Crippen LogP contribution in [0.4, 0.5) is 0 Å². The van der Waals surface area contributed by atoms with Crippen LogP contribution in [0.25, 0.3) is 0 Å². The molecule has 0 bridgehead atoms. The van der Waals surface area contributed by atoms with Crippen LogP contribution in [0.2, 0.25) is 5.02 Å². The largest absolute Gasteiger partial charge is 0.457 e. The molecular formula is C30H27ClN4O3S. The SMILES string of the molecule is CC1=C(C(=O)OCc2ccccc2)C(c2ccccc2Cl)N2C(CC(=O)NCCc3ccccn3)=CSC2=N1. The first-order valence-corrected chi connectivity index (χ1v) is 13.8. The first-order valence-electron chi connectivity index (χ1n) is 12.6. The minimum Gasteiger partial charge on any atom is -0.457 e. The number of fused-ring (bicyclic) bond motifs is 1. The molecule has 3 aromatic rings. The predicted molar refractivity (Wildman–Crippen MR) is 154 cm³/mol. The summed E-state index contributed by atoms with van der Waals surface area (Å²) >= 11 is 8.09. The third-order valence-corrected chi connectivity index (χ3v) is 7.64. The Labute approximate surface area is 236 Å². The minimum atomic E-state index is -0.586. The summed E-state index contributed by atoms with van der Waals surface area (Å²) < 4.78 is 5.74. The van der Waals surface area contributed by atoms with Crippen LogP contribution in [-0.4, -0.2) is 33.5 Å². The number of nitrogens with one attached hydrogen (secondary N) is 1. The topological polar surface area (TPSA) is 83.9 Å². The fraction of sp³-hybridized carbons (Fsp3) is 0.200. The maximum atomic E-state index is 13.5. The number of rotatable bonds is 9. The highest BCUT2D eigenvalue weighted by Gasteiger charge is 2.41. The number of nitrogens with zero attached hydrogens (tertiary/aromatic N) is 3. The van der Waals surface area contributed by atoms with E-state index in [2.05, 4.69) is 10.3 Å². The lowest BCUT2D eigenvalue weighted by Crippen LogP contribution is -2.38. The number of amides is 1. The number of aromatic nitrogens is 1. The summed E-state index contributed by atoms with van der Waals surface area (Å²) in [6, 6.07) is 22.1. The van der Waals surface area contributed by atoms with Gasteiger partial charge in [-0.15, -0.1) is 0 Å². The molecule has 1 atom stereocenters. The van der Waals surface area contributed by atoms with Crippen molar-refractivity contribution in [2.75, 3.05) is 6.54 Å². The van der Waals surface area contributed by atoms with Crippen LogP contribution in [0, 0.1) is 0 Å². The highest BCUT2D eigenvalue weighted by Crippen LogP contribution is 2.46. The van der Waals surface area contributed by atoms with Gasteiger partial charge in [0, 0.05) is 35.6 Å². The number of aliphatic imine (C=N–C) groups is 1. The molecule has 1 N–H and O–H groups in total. The van der Waals surface area contributed by atoms with E-state index in [0.717, 1.165) is 22.5 Å². The van der Waals surface area contributed by atoms with Crippen LogP contribution in [0.1, 0.15) is 36.2 Å². The lowest BCUT2D eigenvalue weighted by molar-refractivity contribution is -0.141. The van der Waals surface area contributed by atoms with Gasteiger partial charge in [-0.3, -0.25) is 9.78 Å². The number of carbonyl (C=O) groups is 2. The second-order valence-electron chi connectivity index (χ2n) is 9.07. The molecule has 5 rings (SSSR count). The highest BCUT2D eigenvalue weighted by molar-refractivity contribution is 8.16. The summed E-state index contributed by atoms with van der Waals surface area (Å²) in [6.07, 6.45) is 2.50. The van der Waals surface area contributed by atoms with Gasteiger partial charge in [-0.05, 0) is 41.7 Å². The zero-order chi connectivity index (χ0) is 27.2. The molecule has 0 fully saturated rings. The Bertz CT molecular complexity index is 1460. The third-order valence-electron chi connectivity index (χ3n) is 6.40. The molecule has 198 valence electrons. The zero-order valence-electron chi connectivity index (χ0n) is 21.3. The van der Waals surface area contributed by atoms with Crippen LogP contribution in [0.3, 0.4) is 0 Å². The Hall–Kier alpha value is -3.88. The summed E-state index contributed by atoms with van der Waals surface area (Å²) in [6.45, 7) is 2.41. The molecule has 2 aliphatic heterocycles. The Morgan fingerprint density at radius 1 is 1.05 bits per heavy atom. The van der Waals surface area contributed by atoms with Crippen molar-refractivity contribution in [1.82, 2.24) is 15.2 Å². The van der Waals surface area contributed by atoms with Crippen molar-refractivity contribution in [3.63, 3.8) is 0 Å². The quantitative estimate of drug-likeness (QED) is 0.334. The number of allylic oxidation sites excluding steroid dienone is 1. The molecule has 0 aliphatic carbocycles.